The number of hydrogen-bond acceptors (Lipinski definition) is 6. The Balaban J connectivity index is 1.33. The Morgan fingerprint density at radius 1 is 0.884 bits per heavy atom. The average Bonchev–Trinajstić information content (AvgIpc) is 3.60. The highest BCUT2D eigenvalue weighted by Crippen LogP contribution is 2.24. The van der Waals surface area contributed by atoms with E-state index >= 15 is 0 Å². The fourth-order valence-corrected chi connectivity index (χ4v) is 5.83. The lowest BCUT2D eigenvalue weighted by atomic mass is 9.97. The van der Waals surface area contributed by atoms with Crippen molar-refractivity contribution in [2.24, 2.45) is 0 Å². The second-order valence-electron chi connectivity index (χ2n) is 10.5. The van der Waals surface area contributed by atoms with Crippen LogP contribution in [-0.4, -0.2) is 48.8 Å². The van der Waals surface area contributed by atoms with E-state index < -0.39 is 6.04 Å². The monoisotopic (exact) mass is 585 g/mol. The molecule has 2 amide bonds. The quantitative estimate of drug-likeness (QED) is 0.203. The molecular weight excluding hydrogens is 554 g/mol. The fraction of sp³-hybridized carbons (Fsp3) is 0.171. The standard InChI is InChI=1S/C35H31N5O2S/c41-34(18-17-31-25-43-38-37-31)40(23-27-13-15-29(16-14-27)32-12-6-7-20-36-32)33(22-26-8-2-1-3-9-26)35(42)39-21-19-28-10-4-5-11-30(28)24-39/h1-18,20,25,33H,19,21-24H2. The molecule has 7 nitrogen and oxygen atoms in total. The third kappa shape index (κ3) is 6.93. The number of amides is 2. The molecule has 1 atom stereocenters. The number of pyridine rings is 1. The van der Waals surface area contributed by atoms with Gasteiger partial charge in [0.2, 0.25) is 11.8 Å². The Morgan fingerprint density at radius 2 is 1.65 bits per heavy atom. The number of hydrogen-bond donors (Lipinski definition) is 0. The van der Waals surface area contributed by atoms with Crippen molar-refractivity contribution in [2.45, 2.75) is 32.0 Å². The van der Waals surface area contributed by atoms with Crippen molar-refractivity contribution in [3.63, 3.8) is 0 Å². The van der Waals surface area contributed by atoms with Crippen LogP contribution in [0.3, 0.4) is 0 Å². The summed E-state index contributed by atoms with van der Waals surface area (Å²) in [5.41, 5.74) is 6.81. The molecule has 1 unspecified atom stereocenters. The lowest BCUT2D eigenvalue weighted by Crippen LogP contribution is -2.52. The molecule has 3 heterocycles. The van der Waals surface area contributed by atoms with Crippen molar-refractivity contribution in [3.8, 4) is 11.3 Å². The summed E-state index contributed by atoms with van der Waals surface area (Å²) in [6, 6.07) is 31.3. The van der Waals surface area contributed by atoms with Gasteiger partial charge in [-0.25, -0.2) is 0 Å². The summed E-state index contributed by atoms with van der Waals surface area (Å²) in [4.78, 5) is 36.4. The van der Waals surface area contributed by atoms with E-state index in [4.69, 9.17) is 0 Å². The number of benzene rings is 3. The Bertz CT molecular complexity index is 1690. The summed E-state index contributed by atoms with van der Waals surface area (Å²) >= 11 is 1.22. The van der Waals surface area contributed by atoms with Gasteiger partial charge in [-0.1, -0.05) is 89.4 Å². The van der Waals surface area contributed by atoms with Gasteiger partial charge < -0.3 is 9.80 Å². The zero-order chi connectivity index (χ0) is 29.4. The first-order chi connectivity index (χ1) is 21.1. The van der Waals surface area contributed by atoms with E-state index in [9.17, 15) is 9.59 Å². The molecule has 214 valence electrons. The second kappa shape index (κ2) is 13.4. The summed E-state index contributed by atoms with van der Waals surface area (Å²) in [5, 5.41) is 5.82. The molecule has 6 rings (SSSR count). The van der Waals surface area contributed by atoms with Crippen LogP contribution in [0.4, 0.5) is 0 Å². The molecule has 0 radical (unpaired) electrons. The van der Waals surface area contributed by atoms with Crippen molar-refractivity contribution in [2.75, 3.05) is 6.54 Å². The van der Waals surface area contributed by atoms with E-state index in [1.54, 1.807) is 22.6 Å². The molecule has 0 saturated heterocycles. The average molecular weight is 586 g/mol. The first-order valence-electron chi connectivity index (χ1n) is 14.3. The van der Waals surface area contributed by atoms with E-state index in [1.807, 2.05) is 89.8 Å². The molecule has 0 aliphatic carbocycles. The minimum absolute atomic E-state index is 0.0551. The van der Waals surface area contributed by atoms with Crippen LogP contribution in [0.25, 0.3) is 17.3 Å². The largest absolute Gasteiger partial charge is 0.336 e. The molecule has 1 aliphatic heterocycles. The normalized spacial score (nSPS) is 13.4. The molecule has 0 N–H and O–H groups in total. The molecule has 8 heteroatoms. The lowest BCUT2D eigenvalue weighted by Gasteiger charge is -2.36. The number of nitrogens with zero attached hydrogens (tertiary/aromatic N) is 5. The second-order valence-corrected chi connectivity index (χ2v) is 11.1. The molecule has 0 fully saturated rings. The molecule has 1 aliphatic rings. The highest BCUT2D eigenvalue weighted by molar-refractivity contribution is 7.03. The van der Waals surface area contributed by atoms with Crippen LogP contribution in [0.2, 0.25) is 0 Å². The van der Waals surface area contributed by atoms with Crippen molar-refractivity contribution in [3.05, 3.63) is 143 Å². The van der Waals surface area contributed by atoms with E-state index in [1.165, 1.54) is 23.2 Å². The van der Waals surface area contributed by atoms with Gasteiger partial charge in [-0.2, -0.15) is 0 Å². The fourth-order valence-electron chi connectivity index (χ4n) is 5.41. The van der Waals surface area contributed by atoms with Gasteiger partial charge in [-0.05, 0) is 58.4 Å². The Kier molecular flexibility index (Phi) is 8.75. The van der Waals surface area contributed by atoms with E-state index in [0.29, 0.717) is 25.2 Å². The van der Waals surface area contributed by atoms with Crippen LogP contribution >= 0.6 is 11.5 Å². The predicted octanol–water partition coefficient (Wildman–Crippen LogP) is 5.84. The minimum Gasteiger partial charge on any atom is -0.336 e. The number of fused-ring (bicyclic) bond motifs is 1. The Hall–Kier alpha value is -4.95. The Labute approximate surface area is 255 Å². The molecule has 2 aromatic heterocycles. The van der Waals surface area contributed by atoms with Crippen molar-refractivity contribution >= 4 is 29.4 Å². The van der Waals surface area contributed by atoms with E-state index in [2.05, 4.69) is 26.7 Å². The van der Waals surface area contributed by atoms with Crippen LogP contribution in [-0.2, 0) is 35.5 Å². The van der Waals surface area contributed by atoms with Gasteiger partial charge >= 0.3 is 0 Å². The zero-order valence-electron chi connectivity index (χ0n) is 23.6. The molecule has 5 aromatic rings. The molecule has 43 heavy (non-hydrogen) atoms. The number of rotatable bonds is 9. The third-order valence-electron chi connectivity index (χ3n) is 7.70. The van der Waals surface area contributed by atoms with Gasteiger partial charge in [-0.3, -0.25) is 14.6 Å². The maximum Gasteiger partial charge on any atom is 0.247 e. The minimum atomic E-state index is -0.700. The summed E-state index contributed by atoms with van der Waals surface area (Å²) in [6.45, 7) is 1.42. The van der Waals surface area contributed by atoms with Crippen LogP contribution in [0.1, 0.15) is 27.9 Å². The topological polar surface area (TPSA) is 79.3 Å². The smallest absolute Gasteiger partial charge is 0.247 e. The van der Waals surface area contributed by atoms with Gasteiger partial charge in [-0.15, -0.1) is 5.10 Å². The number of aromatic nitrogens is 3. The van der Waals surface area contributed by atoms with Crippen molar-refractivity contribution in [1.29, 1.82) is 0 Å². The van der Waals surface area contributed by atoms with Gasteiger partial charge in [0, 0.05) is 49.3 Å². The SMILES string of the molecule is O=C(C(Cc1ccccc1)N(Cc1ccc(-c2ccccn2)cc1)C(=O)C=Cc1csnn1)N1CCc2ccccc2C1. The number of carbonyl (C=O) groups is 2. The summed E-state index contributed by atoms with van der Waals surface area (Å²) in [7, 11) is 0. The third-order valence-corrected chi connectivity index (χ3v) is 8.22. The van der Waals surface area contributed by atoms with E-state index in [-0.39, 0.29) is 18.4 Å². The van der Waals surface area contributed by atoms with Crippen molar-refractivity contribution < 1.29 is 9.59 Å². The molecule has 3 aromatic carbocycles. The zero-order valence-corrected chi connectivity index (χ0v) is 24.4. The van der Waals surface area contributed by atoms with Crippen LogP contribution in [0.15, 0.2) is 115 Å². The van der Waals surface area contributed by atoms with Crippen LogP contribution in [0, 0.1) is 0 Å². The first-order valence-corrected chi connectivity index (χ1v) is 15.1. The summed E-state index contributed by atoms with van der Waals surface area (Å²) in [5.74, 6) is -0.311. The lowest BCUT2D eigenvalue weighted by molar-refractivity contribution is -0.144. The van der Waals surface area contributed by atoms with Gasteiger partial charge in [0.1, 0.15) is 6.04 Å². The first kappa shape index (κ1) is 28.2. The van der Waals surface area contributed by atoms with Crippen LogP contribution in [0.5, 0.6) is 0 Å². The number of carbonyl (C=O) groups excluding carboxylic acids is 2. The predicted molar refractivity (Wildman–Crippen MR) is 169 cm³/mol. The molecule has 0 spiro atoms. The van der Waals surface area contributed by atoms with Crippen molar-refractivity contribution in [1.82, 2.24) is 24.4 Å². The molecule has 0 bridgehead atoms. The van der Waals surface area contributed by atoms with Crippen LogP contribution < -0.4 is 0 Å². The van der Waals surface area contributed by atoms with E-state index in [0.717, 1.165) is 34.4 Å². The highest BCUT2D eigenvalue weighted by Gasteiger charge is 2.34. The molecule has 0 saturated carbocycles. The maximum absolute atomic E-state index is 14.4. The maximum atomic E-state index is 14.4. The van der Waals surface area contributed by atoms with Gasteiger partial charge in [0.25, 0.3) is 0 Å². The highest BCUT2D eigenvalue weighted by atomic mass is 32.1. The summed E-state index contributed by atoms with van der Waals surface area (Å²) in [6.07, 6.45) is 6.12. The Morgan fingerprint density at radius 3 is 2.40 bits per heavy atom. The van der Waals surface area contributed by atoms with Gasteiger partial charge in [0.05, 0.1) is 11.4 Å². The summed E-state index contributed by atoms with van der Waals surface area (Å²) < 4.78 is 3.89. The molecular formula is C35H31N5O2S. The van der Waals surface area contributed by atoms with Gasteiger partial charge in [0.15, 0.2) is 0 Å².